The smallest absolute Gasteiger partial charge is 0.288 e. The minimum Gasteiger partial charge on any atom is -0.481 e. The Labute approximate surface area is 179 Å². The van der Waals surface area contributed by atoms with E-state index in [2.05, 4.69) is 4.99 Å². The molecule has 0 aromatic heterocycles. The zero-order valence-electron chi connectivity index (χ0n) is 16.3. The molecule has 0 bridgehead atoms. The highest BCUT2D eigenvalue weighted by Gasteiger charge is 2.48. The van der Waals surface area contributed by atoms with Gasteiger partial charge in [-0.2, -0.15) is 4.99 Å². The van der Waals surface area contributed by atoms with Crippen LogP contribution in [-0.2, 0) is 21.2 Å². The first-order valence-corrected chi connectivity index (χ1v) is 12.2. The van der Waals surface area contributed by atoms with Gasteiger partial charge in [-0.05, 0) is 36.8 Å². The number of para-hydroxylation sites is 1. The summed E-state index contributed by atoms with van der Waals surface area (Å²) in [6, 6.07) is 14.8. The molecular weight excluding hydrogens is 427 g/mol. The van der Waals surface area contributed by atoms with Crippen LogP contribution in [0.15, 0.2) is 59.6 Å². The largest absolute Gasteiger partial charge is 0.481 e. The topological polar surface area (TPSA) is 76.0 Å². The van der Waals surface area contributed by atoms with Gasteiger partial charge in [-0.3, -0.25) is 4.79 Å². The average molecular weight is 449 g/mol. The molecule has 2 heterocycles. The normalized spacial score (nSPS) is 24.6. The van der Waals surface area contributed by atoms with Crippen LogP contribution in [0.3, 0.4) is 0 Å². The van der Waals surface area contributed by atoms with Crippen LogP contribution in [0.5, 0.6) is 5.75 Å². The van der Waals surface area contributed by atoms with E-state index in [-0.39, 0.29) is 28.6 Å². The molecule has 2 fully saturated rings. The number of halogens is 1. The second-order valence-electron chi connectivity index (χ2n) is 7.36. The molecule has 6 nitrogen and oxygen atoms in total. The molecule has 2 aliphatic heterocycles. The third-order valence-corrected chi connectivity index (χ3v) is 8.30. The molecule has 2 aliphatic rings. The molecule has 2 aromatic carbocycles. The molecule has 3 atom stereocenters. The highest BCUT2D eigenvalue weighted by Crippen LogP contribution is 2.39. The summed E-state index contributed by atoms with van der Waals surface area (Å²) in [5, 5.41) is 0.310. The number of carbonyl (C=O) groups is 1. The molecule has 0 aliphatic carbocycles. The van der Waals surface area contributed by atoms with Gasteiger partial charge in [0, 0.05) is 11.8 Å². The lowest BCUT2D eigenvalue weighted by molar-refractivity contribution is -0.123. The Morgan fingerprint density at radius 3 is 2.60 bits per heavy atom. The number of amidine groups is 1. The standard InChI is InChI=1S/C21H21FN2O4S2/c1-14(28-17-5-3-2-4-6-17)20(25)23-21-24(11-15-7-9-16(22)10-8-15)18-12-30(26,27)13-19(18)29-21/h2-10,14,18-19H,11-13H2,1H3/t14-,18+,19+/m1/s1. The predicted octanol–water partition coefficient (Wildman–Crippen LogP) is 2.89. The predicted molar refractivity (Wildman–Crippen MR) is 115 cm³/mol. The lowest BCUT2D eigenvalue weighted by Gasteiger charge is -2.24. The van der Waals surface area contributed by atoms with Crippen LogP contribution >= 0.6 is 11.8 Å². The summed E-state index contributed by atoms with van der Waals surface area (Å²) in [5.41, 5.74) is 0.815. The summed E-state index contributed by atoms with van der Waals surface area (Å²) >= 11 is 1.31. The minimum absolute atomic E-state index is 0.0230. The van der Waals surface area contributed by atoms with Crippen LogP contribution in [0.2, 0.25) is 0 Å². The number of hydrogen-bond acceptors (Lipinski definition) is 5. The van der Waals surface area contributed by atoms with Gasteiger partial charge in [-0.25, -0.2) is 12.8 Å². The maximum absolute atomic E-state index is 13.3. The Kier molecular flexibility index (Phi) is 5.84. The van der Waals surface area contributed by atoms with E-state index in [1.165, 1.54) is 23.9 Å². The number of carbonyl (C=O) groups excluding carboxylic acids is 1. The molecule has 1 amide bonds. The number of hydrogen-bond donors (Lipinski definition) is 0. The van der Waals surface area contributed by atoms with Crippen molar-refractivity contribution in [3.8, 4) is 5.75 Å². The molecular formula is C21H21FN2O4S2. The van der Waals surface area contributed by atoms with Gasteiger partial charge >= 0.3 is 0 Å². The van der Waals surface area contributed by atoms with E-state index >= 15 is 0 Å². The first kappa shape index (κ1) is 20.9. The maximum atomic E-state index is 13.3. The van der Waals surface area contributed by atoms with Gasteiger partial charge < -0.3 is 9.64 Å². The zero-order valence-corrected chi connectivity index (χ0v) is 17.9. The second kappa shape index (κ2) is 8.39. The van der Waals surface area contributed by atoms with Gasteiger partial charge in [-0.15, -0.1) is 0 Å². The fourth-order valence-corrected chi connectivity index (χ4v) is 7.50. The van der Waals surface area contributed by atoms with Crippen molar-refractivity contribution in [3.05, 3.63) is 66.0 Å². The number of rotatable bonds is 5. The third kappa shape index (κ3) is 4.67. The van der Waals surface area contributed by atoms with E-state index in [9.17, 15) is 17.6 Å². The number of benzene rings is 2. The first-order valence-electron chi connectivity index (χ1n) is 9.53. The van der Waals surface area contributed by atoms with E-state index in [0.717, 1.165) is 5.56 Å². The van der Waals surface area contributed by atoms with Crippen molar-refractivity contribution in [2.75, 3.05) is 11.5 Å². The molecule has 30 heavy (non-hydrogen) atoms. The molecule has 2 aromatic rings. The first-order chi connectivity index (χ1) is 14.3. The van der Waals surface area contributed by atoms with Crippen LogP contribution in [0.4, 0.5) is 4.39 Å². The van der Waals surface area contributed by atoms with E-state index in [0.29, 0.717) is 17.5 Å². The highest BCUT2D eigenvalue weighted by molar-refractivity contribution is 8.15. The van der Waals surface area contributed by atoms with Crippen molar-refractivity contribution in [3.63, 3.8) is 0 Å². The van der Waals surface area contributed by atoms with E-state index < -0.39 is 21.8 Å². The van der Waals surface area contributed by atoms with Crippen LogP contribution in [-0.4, -0.2) is 53.3 Å². The van der Waals surface area contributed by atoms with Crippen molar-refractivity contribution in [1.82, 2.24) is 4.90 Å². The van der Waals surface area contributed by atoms with E-state index in [1.54, 1.807) is 31.2 Å². The number of amides is 1. The molecule has 158 valence electrons. The summed E-state index contributed by atoms with van der Waals surface area (Å²) in [4.78, 5) is 18.8. The molecule has 0 unspecified atom stereocenters. The van der Waals surface area contributed by atoms with Crippen molar-refractivity contribution >= 4 is 32.7 Å². The summed E-state index contributed by atoms with van der Waals surface area (Å²) in [5.74, 6) is -0.121. The molecule has 0 spiro atoms. The van der Waals surface area contributed by atoms with E-state index in [4.69, 9.17) is 4.74 Å². The van der Waals surface area contributed by atoms with Crippen LogP contribution < -0.4 is 4.74 Å². The molecule has 0 N–H and O–H groups in total. The number of ether oxygens (including phenoxy) is 1. The van der Waals surface area contributed by atoms with Crippen LogP contribution in [0.25, 0.3) is 0 Å². The fraction of sp³-hybridized carbons (Fsp3) is 0.333. The lowest BCUT2D eigenvalue weighted by Crippen LogP contribution is -2.37. The Morgan fingerprint density at radius 2 is 1.90 bits per heavy atom. The molecule has 4 rings (SSSR count). The van der Waals surface area contributed by atoms with Crippen molar-refractivity contribution in [2.24, 2.45) is 4.99 Å². The summed E-state index contributed by atoms with van der Waals surface area (Å²) in [6.07, 6.45) is -0.780. The Morgan fingerprint density at radius 1 is 1.20 bits per heavy atom. The Balaban J connectivity index is 1.55. The molecule has 0 radical (unpaired) electrons. The van der Waals surface area contributed by atoms with Gasteiger partial charge in [0.05, 0.1) is 17.5 Å². The molecule has 9 heteroatoms. The number of fused-ring (bicyclic) bond motifs is 1. The van der Waals surface area contributed by atoms with Gasteiger partial charge in [0.15, 0.2) is 21.1 Å². The minimum atomic E-state index is -3.13. The molecule has 2 saturated heterocycles. The number of thioether (sulfide) groups is 1. The van der Waals surface area contributed by atoms with E-state index in [1.807, 2.05) is 23.1 Å². The van der Waals surface area contributed by atoms with Gasteiger partial charge in [0.25, 0.3) is 5.91 Å². The van der Waals surface area contributed by atoms with Crippen molar-refractivity contribution in [1.29, 1.82) is 0 Å². The van der Waals surface area contributed by atoms with Gasteiger partial charge in [0.1, 0.15) is 11.6 Å². The third-order valence-electron chi connectivity index (χ3n) is 5.05. The zero-order chi connectivity index (χ0) is 21.3. The Bertz CT molecular complexity index is 1060. The summed E-state index contributed by atoms with van der Waals surface area (Å²) in [6.45, 7) is 1.98. The lowest BCUT2D eigenvalue weighted by atomic mass is 10.1. The molecule has 0 saturated carbocycles. The highest BCUT2D eigenvalue weighted by atomic mass is 32.2. The quantitative estimate of drug-likeness (QED) is 0.700. The monoisotopic (exact) mass is 448 g/mol. The van der Waals surface area contributed by atoms with Gasteiger partial charge in [-0.1, -0.05) is 42.1 Å². The van der Waals surface area contributed by atoms with Crippen molar-refractivity contribution in [2.45, 2.75) is 30.9 Å². The van der Waals surface area contributed by atoms with Gasteiger partial charge in [0.2, 0.25) is 0 Å². The number of aliphatic imine (C=N–C) groups is 1. The Hall–Kier alpha value is -2.39. The maximum Gasteiger partial charge on any atom is 0.288 e. The summed E-state index contributed by atoms with van der Waals surface area (Å²) in [7, 11) is -3.13. The van der Waals surface area contributed by atoms with Crippen LogP contribution in [0, 0.1) is 5.82 Å². The van der Waals surface area contributed by atoms with Crippen molar-refractivity contribution < 1.29 is 22.3 Å². The SMILES string of the molecule is C[C@@H](Oc1ccccc1)C(=O)N=C1S[C@H]2CS(=O)(=O)C[C@@H]2N1Cc1ccc(F)cc1. The van der Waals surface area contributed by atoms with Crippen LogP contribution in [0.1, 0.15) is 12.5 Å². The number of nitrogens with zero attached hydrogens (tertiary/aromatic N) is 2. The number of sulfone groups is 1. The average Bonchev–Trinajstić information content (AvgIpc) is 3.16. The second-order valence-corrected chi connectivity index (χ2v) is 10.7. The summed E-state index contributed by atoms with van der Waals surface area (Å²) < 4.78 is 43.1. The fourth-order valence-electron chi connectivity index (χ4n) is 3.55.